The van der Waals surface area contributed by atoms with Crippen molar-refractivity contribution in [3.63, 3.8) is 0 Å². The van der Waals surface area contributed by atoms with Crippen molar-refractivity contribution in [2.24, 2.45) is 23.0 Å². The van der Waals surface area contributed by atoms with Gasteiger partial charge in [-0.1, -0.05) is 32.4 Å². The van der Waals surface area contributed by atoms with E-state index in [1.165, 1.54) is 18.4 Å². The van der Waals surface area contributed by atoms with Crippen LogP contribution in [-0.4, -0.2) is 75.7 Å². The van der Waals surface area contributed by atoms with Crippen molar-refractivity contribution in [2.75, 3.05) is 13.7 Å². The van der Waals surface area contributed by atoms with Crippen LogP contribution in [0.5, 0.6) is 11.5 Å². The zero-order valence-corrected chi connectivity index (χ0v) is 27.3. The molecule has 2 saturated carbocycles. The Morgan fingerprint density at radius 2 is 1.76 bits per heavy atom. The van der Waals surface area contributed by atoms with Crippen LogP contribution in [0.1, 0.15) is 52.1 Å². The predicted octanol–water partition coefficient (Wildman–Crippen LogP) is 4.44. The number of ether oxygens (including phenoxy) is 3. The lowest BCUT2D eigenvalue weighted by Crippen LogP contribution is -2.57. The van der Waals surface area contributed by atoms with Crippen molar-refractivity contribution < 1.29 is 28.6 Å². The number of alkyl carbamates (subject to hydrolysis) is 1. The summed E-state index contributed by atoms with van der Waals surface area (Å²) in [6.45, 7) is 7.44. The average Bonchev–Trinajstić information content (AvgIpc) is 3.38. The molecule has 1 unspecified atom stereocenters. The van der Waals surface area contributed by atoms with Gasteiger partial charge in [-0.15, -0.1) is 0 Å². The first-order valence-corrected chi connectivity index (χ1v) is 15.9. The van der Waals surface area contributed by atoms with Crippen LogP contribution in [-0.2, 0) is 14.3 Å². The lowest BCUT2D eigenvalue weighted by Gasteiger charge is -2.35. The van der Waals surface area contributed by atoms with Crippen molar-refractivity contribution in [3.05, 3.63) is 41.3 Å². The molecule has 3 heterocycles. The van der Waals surface area contributed by atoms with Gasteiger partial charge in [-0.25, -0.2) is 14.8 Å². The van der Waals surface area contributed by atoms with Crippen LogP contribution in [0, 0.1) is 24.2 Å². The molecule has 12 nitrogen and oxygen atoms in total. The molecule has 46 heavy (non-hydrogen) atoms. The number of halogens is 1. The van der Waals surface area contributed by atoms with Gasteiger partial charge >= 0.3 is 6.09 Å². The molecule has 1 saturated heterocycles. The summed E-state index contributed by atoms with van der Waals surface area (Å²) in [6, 6.07) is 3.34. The highest BCUT2D eigenvalue weighted by atomic mass is 35.5. The number of aromatic nitrogens is 3. The highest BCUT2D eigenvalue weighted by molar-refractivity contribution is 6.36. The molecule has 3 fully saturated rings. The minimum atomic E-state index is -0.962. The van der Waals surface area contributed by atoms with Crippen LogP contribution in [0.3, 0.4) is 0 Å². The van der Waals surface area contributed by atoms with Crippen LogP contribution in [0.4, 0.5) is 4.79 Å². The van der Waals surface area contributed by atoms with Gasteiger partial charge < -0.3 is 30.2 Å². The third-order valence-corrected chi connectivity index (χ3v) is 9.47. The number of aryl methyl sites for hydroxylation is 1. The minimum Gasteiger partial charge on any atom is -0.495 e. The smallest absolute Gasteiger partial charge is 0.408 e. The van der Waals surface area contributed by atoms with E-state index in [1.807, 2.05) is 27.7 Å². The van der Waals surface area contributed by atoms with Crippen molar-refractivity contribution in [3.8, 4) is 22.9 Å². The minimum absolute atomic E-state index is 0.0645. The molecule has 6 rings (SSSR count). The average molecular weight is 651 g/mol. The topological polar surface area (TPSA) is 159 Å². The summed E-state index contributed by atoms with van der Waals surface area (Å²) in [5.41, 5.74) is 7.27. The van der Waals surface area contributed by atoms with Crippen LogP contribution in [0.15, 0.2) is 30.6 Å². The molecule has 3 N–H and O–H groups in total. The molecule has 1 aromatic carbocycles. The SMILES string of the molecule is COc1ccc2c(O[C@@H]3C[C@@H](C(N)=O)N(C(=O)[C@@H](NC(=O)OC4C[C@@H]5C[C@@H]5C4)C(C)(C)C)C3)cc(-c3cncc(C)n3)nc2c1Cl. The summed E-state index contributed by atoms with van der Waals surface area (Å²) in [6.07, 6.45) is 4.94. The molecule has 3 amide bonds. The summed E-state index contributed by atoms with van der Waals surface area (Å²) < 4.78 is 17.6. The molecule has 3 aliphatic rings. The Hall–Kier alpha value is -4.19. The molecular formula is C33H39ClN6O6. The highest BCUT2D eigenvalue weighted by Gasteiger charge is 2.48. The molecule has 0 radical (unpaired) electrons. The first-order valence-electron chi connectivity index (χ1n) is 15.5. The Morgan fingerprint density at radius 3 is 2.41 bits per heavy atom. The first-order chi connectivity index (χ1) is 21.8. The molecule has 0 spiro atoms. The van der Waals surface area contributed by atoms with E-state index in [1.54, 1.807) is 30.6 Å². The van der Waals surface area contributed by atoms with E-state index in [-0.39, 0.29) is 19.1 Å². The van der Waals surface area contributed by atoms with E-state index in [4.69, 9.17) is 36.5 Å². The predicted molar refractivity (Wildman–Crippen MR) is 170 cm³/mol. The van der Waals surface area contributed by atoms with E-state index in [2.05, 4.69) is 15.3 Å². The number of likely N-dealkylation sites (tertiary alicyclic amines) is 1. The molecule has 13 heteroatoms. The third-order valence-electron chi connectivity index (χ3n) is 9.10. The van der Waals surface area contributed by atoms with E-state index >= 15 is 0 Å². The number of hydrogen-bond donors (Lipinski definition) is 2. The van der Waals surface area contributed by atoms with Crippen LogP contribution >= 0.6 is 11.6 Å². The van der Waals surface area contributed by atoms with Gasteiger partial charge in [-0.2, -0.15) is 0 Å². The van der Waals surface area contributed by atoms with Gasteiger partial charge in [0, 0.05) is 24.1 Å². The van der Waals surface area contributed by atoms with Gasteiger partial charge in [-0.05, 0) is 55.6 Å². The second-order valence-electron chi connectivity index (χ2n) is 13.6. The van der Waals surface area contributed by atoms with Crippen molar-refractivity contribution in [1.82, 2.24) is 25.2 Å². The number of carbonyl (C=O) groups is 3. The van der Waals surface area contributed by atoms with E-state index in [0.29, 0.717) is 56.3 Å². The second-order valence-corrected chi connectivity index (χ2v) is 14.0. The number of primary amides is 1. The lowest BCUT2D eigenvalue weighted by atomic mass is 9.85. The maximum absolute atomic E-state index is 14.1. The number of methoxy groups -OCH3 is 1. The number of nitrogens with two attached hydrogens (primary N) is 1. The second kappa shape index (κ2) is 12.2. The summed E-state index contributed by atoms with van der Waals surface area (Å²) in [5, 5.41) is 3.70. The quantitative estimate of drug-likeness (QED) is 0.359. The Kier molecular flexibility index (Phi) is 8.43. The van der Waals surface area contributed by atoms with Gasteiger partial charge in [0.1, 0.15) is 46.5 Å². The lowest BCUT2D eigenvalue weighted by molar-refractivity contribution is -0.141. The van der Waals surface area contributed by atoms with Crippen molar-refractivity contribution >= 4 is 40.4 Å². The third kappa shape index (κ3) is 6.40. The van der Waals surface area contributed by atoms with E-state index in [0.717, 1.165) is 12.8 Å². The zero-order chi connectivity index (χ0) is 32.9. The van der Waals surface area contributed by atoms with Gasteiger partial charge in [-0.3, -0.25) is 14.6 Å². The number of amides is 3. The zero-order valence-electron chi connectivity index (χ0n) is 26.6. The number of benzene rings is 1. The number of pyridine rings is 1. The number of nitrogens with zero attached hydrogens (tertiary/aromatic N) is 4. The summed E-state index contributed by atoms with van der Waals surface area (Å²) in [5.74, 6) is 1.06. The van der Waals surface area contributed by atoms with Gasteiger partial charge in [0.15, 0.2) is 0 Å². The molecule has 2 aromatic heterocycles. The molecular weight excluding hydrogens is 612 g/mol. The number of carbonyl (C=O) groups excluding carboxylic acids is 3. The molecule has 3 aromatic rings. The summed E-state index contributed by atoms with van der Waals surface area (Å²) in [4.78, 5) is 54.6. The van der Waals surface area contributed by atoms with E-state index in [9.17, 15) is 14.4 Å². The number of nitrogens with one attached hydrogen (secondary N) is 1. The fourth-order valence-electron chi connectivity index (χ4n) is 6.63. The van der Waals surface area contributed by atoms with Crippen LogP contribution in [0.25, 0.3) is 22.3 Å². The summed E-state index contributed by atoms with van der Waals surface area (Å²) >= 11 is 6.69. The number of hydrogen-bond acceptors (Lipinski definition) is 9. The Labute approximate surface area is 272 Å². The highest BCUT2D eigenvalue weighted by Crippen LogP contribution is 2.52. The van der Waals surface area contributed by atoms with Crippen molar-refractivity contribution in [1.29, 1.82) is 0 Å². The maximum Gasteiger partial charge on any atom is 0.408 e. The standard InChI is InChI=1S/C33H39ClN6O6/c1-16-13-36-14-23(37-16)22-12-26(21-6-7-25(44-5)27(34)28(21)38-22)45-20-11-24(30(35)41)40(15-20)31(42)29(33(2,3)4)39-32(43)46-19-9-17-8-18(17)10-19/h6-7,12-14,17-20,24,29H,8-11,15H2,1-5H3,(H2,35,41)(H,39,43)/t17-,18+,19?,20-,24+,29-/m1/s1. The first kappa shape index (κ1) is 31.8. The molecule has 1 aliphatic heterocycles. The number of rotatable bonds is 8. The molecule has 0 bridgehead atoms. The molecule has 2 aliphatic carbocycles. The van der Waals surface area contributed by atoms with Gasteiger partial charge in [0.2, 0.25) is 11.8 Å². The summed E-state index contributed by atoms with van der Waals surface area (Å²) in [7, 11) is 1.52. The van der Waals surface area contributed by atoms with E-state index < -0.39 is 41.5 Å². The molecule has 6 atom stereocenters. The fraction of sp³-hybridized carbons (Fsp3) is 0.515. The fourth-order valence-corrected chi connectivity index (χ4v) is 6.92. The molecule has 244 valence electrons. The Morgan fingerprint density at radius 1 is 1.02 bits per heavy atom. The van der Waals surface area contributed by atoms with Gasteiger partial charge in [0.05, 0.1) is 36.8 Å². The maximum atomic E-state index is 14.1. The van der Waals surface area contributed by atoms with Crippen molar-refractivity contribution in [2.45, 2.75) is 77.7 Å². The van der Waals surface area contributed by atoms with Crippen LogP contribution in [0.2, 0.25) is 5.02 Å². The van der Waals surface area contributed by atoms with Crippen LogP contribution < -0.4 is 20.5 Å². The van der Waals surface area contributed by atoms with Gasteiger partial charge in [0.25, 0.3) is 0 Å². The largest absolute Gasteiger partial charge is 0.495 e. The normalized spacial score (nSPS) is 24.3. The Bertz CT molecular complexity index is 1690. The number of fused-ring (bicyclic) bond motifs is 2. The monoisotopic (exact) mass is 650 g/mol. The Balaban J connectivity index is 1.26.